The number of nitro benzene ring substituents is 1. The zero-order chi connectivity index (χ0) is 14.3. The molecule has 1 aromatic carbocycles. The van der Waals surface area contributed by atoms with Gasteiger partial charge < -0.3 is 10.1 Å². The number of nitrogens with one attached hydrogen (secondary N) is 1. The molecule has 5 nitrogen and oxygen atoms in total. The van der Waals surface area contributed by atoms with Crippen LogP contribution in [0.15, 0.2) is 18.2 Å². The Kier molecular flexibility index (Phi) is 6.66. The maximum atomic E-state index is 10.8. The van der Waals surface area contributed by atoms with E-state index in [1.807, 2.05) is 17.8 Å². The molecule has 0 aliphatic carbocycles. The molecule has 0 aliphatic heterocycles. The fourth-order valence-electron chi connectivity index (χ4n) is 1.62. The normalized spacial score (nSPS) is 12.2. The highest BCUT2D eigenvalue weighted by Crippen LogP contribution is 2.22. The van der Waals surface area contributed by atoms with Gasteiger partial charge >= 0.3 is 0 Å². The number of nitro groups is 1. The first-order chi connectivity index (χ1) is 9.06. The van der Waals surface area contributed by atoms with Gasteiger partial charge in [0.2, 0.25) is 0 Å². The molecule has 1 rings (SSSR count). The highest BCUT2D eigenvalue weighted by Gasteiger charge is 2.10. The van der Waals surface area contributed by atoms with E-state index in [0.717, 1.165) is 18.5 Å². The Labute approximate surface area is 117 Å². The Morgan fingerprint density at radius 3 is 2.79 bits per heavy atom. The van der Waals surface area contributed by atoms with Crippen molar-refractivity contribution in [3.05, 3.63) is 33.9 Å². The van der Waals surface area contributed by atoms with Crippen LogP contribution in [0.3, 0.4) is 0 Å². The molecule has 0 fully saturated rings. The van der Waals surface area contributed by atoms with Gasteiger partial charge in [-0.2, -0.15) is 11.8 Å². The molecule has 0 bridgehead atoms. The van der Waals surface area contributed by atoms with Crippen molar-refractivity contribution in [2.75, 3.05) is 19.9 Å². The second-order valence-corrected chi connectivity index (χ2v) is 5.58. The fraction of sp³-hybridized carbons (Fsp3) is 0.538. The summed E-state index contributed by atoms with van der Waals surface area (Å²) >= 11 is 1.83. The first-order valence-electron chi connectivity index (χ1n) is 6.12. The Morgan fingerprint density at radius 2 is 2.21 bits per heavy atom. The molecule has 1 unspecified atom stereocenters. The summed E-state index contributed by atoms with van der Waals surface area (Å²) in [5, 5.41) is 14.7. The summed E-state index contributed by atoms with van der Waals surface area (Å²) in [6.45, 7) is 3.69. The van der Waals surface area contributed by atoms with Gasteiger partial charge in [-0.25, -0.2) is 0 Å². The van der Waals surface area contributed by atoms with Gasteiger partial charge in [0.1, 0.15) is 5.75 Å². The number of thioether (sulfide) groups is 1. The van der Waals surface area contributed by atoms with Crippen LogP contribution in [0.1, 0.15) is 18.9 Å². The number of nitrogens with zero attached hydrogens (tertiary/aromatic N) is 1. The lowest BCUT2D eigenvalue weighted by molar-refractivity contribution is -0.385. The predicted octanol–water partition coefficient (Wildman–Crippen LogP) is 2.83. The van der Waals surface area contributed by atoms with Crippen molar-refractivity contribution in [1.29, 1.82) is 0 Å². The lowest BCUT2D eigenvalue weighted by Gasteiger charge is -2.10. The van der Waals surface area contributed by atoms with Crippen molar-refractivity contribution in [1.82, 2.24) is 5.32 Å². The molecule has 1 aromatic rings. The Morgan fingerprint density at radius 1 is 1.47 bits per heavy atom. The monoisotopic (exact) mass is 284 g/mol. The van der Waals surface area contributed by atoms with Gasteiger partial charge in [-0.15, -0.1) is 0 Å². The summed E-state index contributed by atoms with van der Waals surface area (Å²) in [5.41, 5.74) is 0.927. The van der Waals surface area contributed by atoms with Crippen molar-refractivity contribution < 1.29 is 9.66 Å². The molecular weight excluding hydrogens is 264 g/mol. The molecule has 0 aromatic heterocycles. The van der Waals surface area contributed by atoms with Gasteiger partial charge in [0.15, 0.2) is 0 Å². The molecule has 6 heteroatoms. The van der Waals surface area contributed by atoms with Crippen LogP contribution >= 0.6 is 11.8 Å². The molecule has 0 amide bonds. The molecule has 1 N–H and O–H groups in total. The first kappa shape index (κ1) is 15.8. The molecule has 0 spiro atoms. The van der Waals surface area contributed by atoms with Crippen molar-refractivity contribution >= 4 is 17.4 Å². The van der Waals surface area contributed by atoms with Crippen molar-refractivity contribution in [3.63, 3.8) is 0 Å². The average molecular weight is 284 g/mol. The molecule has 0 heterocycles. The summed E-state index contributed by atoms with van der Waals surface area (Å²) < 4.78 is 5.07. The highest BCUT2D eigenvalue weighted by atomic mass is 32.2. The van der Waals surface area contributed by atoms with Gasteiger partial charge in [-0.05, 0) is 30.9 Å². The maximum Gasteiger partial charge on any atom is 0.273 e. The number of hydrogen-bond acceptors (Lipinski definition) is 5. The zero-order valence-electron chi connectivity index (χ0n) is 11.5. The largest absolute Gasteiger partial charge is 0.496 e. The lowest BCUT2D eigenvalue weighted by atomic mass is 10.2. The molecule has 0 saturated carbocycles. The zero-order valence-corrected chi connectivity index (χ0v) is 12.3. The van der Waals surface area contributed by atoms with Crippen molar-refractivity contribution in [3.8, 4) is 5.75 Å². The van der Waals surface area contributed by atoms with E-state index in [9.17, 15) is 10.1 Å². The van der Waals surface area contributed by atoms with Gasteiger partial charge in [-0.3, -0.25) is 10.1 Å². The number of ether oxygens (including phenoxy) is 1. The fourth-order valence-corrected chi connectivity index (χ4v) is 1.98. The van der Waals surface area contributed by atoms with Crippen LogP contribution in [-0.4, -0.2) is 30.1 Å². The van der Waals surface area contributed by atoms with Crippen LogP contribution in [0, 0.1) is 10.1 Å². The molecule has 1 atom stereocenters. The Balaban J connectivity index is 2.57. The van der Waals surface area contributed by atoms with Gasteiger partial charge in [0.05, 0.1) is 18.1 Å². The smallest absolute Gasteiger partial charge is 0.273 e. The molecule has 0 radical (unpaired) electrons. The van der Waals surface area contributed by atoms with Gasteiger partial charge in [0.25, 0.3) is 5.69 Å². The van der Waals surface area contributed by atoms with Crippen LogP contribution < -0.4 is 10.1 Å². The third-order valence-corrected chi connectivity index (χ3v) is 3.90. The second-order valence-electron chi connectivity index (χ2n) is 4.31. The van der Waals surface area contributed by atoms with E-state index >= 15 is 0 Å². The quantitative estimate of drug-likeness (QED) is 0.452. The SMILES string of the molecule is COc1cc(CNCCC(C)SC)cc([N+](=O)[O-])c1. The van der Waals surface area contributed by atoms with E-state index < -0.39 is 4.92 Å². The van der Waals surface area contributed by atoms with Crippen LogP contribution in [0.4, 0.5) is 5.69 Å². The third kappa shape index (κ3) is 5.48. The van der Waals surface area contributed by atoms with Crippen LogP contribution in [0.2, 0.25) is 0 Å². The average Bonchev–Trinajstić information content (AvgIpc) is 2.42. The summed E-state index contributed by atoms with van der Waals surface area (Å²) in [6, 6.07) is 4.82. The van der Waals surface area contributed by atoms with Crippen molar-refractivity contribution in [2.45, 2.75) is 25.1 Å². The predicted molar refractivity (Wildman–Crippen MR) is 78.9 cm³/mol. The van der Waals surface area contributed by atoms with E-state index in [1.165, 1.54) is 13.2 Å². The van der Waals surface area contributed by atoms with Gasteiger partial charge in [0, 0.05) is 17.9 Å². The van der Waals surface area contributed by atoms with Crippen molar-refractivity contribution in [2.24, 2.45) is 0 Å². The topological polar surface area (TPSA) is 64.4 Å². The molecular formula is C13H20N2O3S. The molecule has 106 valence electrons. The van der Waals surface area contributed by atoms with E-state index in [-0.39, 0.29) is 5.69 Å². The summed E-state index contributed by atoms with van der Waals surface area (Å²) in [5.74, 6) is 0.517. The molecule has 19 heavy (non-hydrogen) atoms. The van der Waals surface area contributed by atoms with E-state index in [2.05, 4.69) is 18.5 Å². The minimum Gasteiger partial charge on any atom is -0.496 e. The van der Waals surface area contributed by atoms with Crippen LogP contribution in [-0.2, 0) is 6.54 Å². The Hall–Kier alpha value is -1.27. The second kappa shape index (κ2) is 8.01. The number of non-ortho nitro benzene ring substituents is 1. The van der Waals surface area contributed by atoms with Crippen LogP contribution in [0.5, 0.6) is 5.75 Å². The number of rotatable bonds is 8. The minimum absolute atomic E-state index is 0.0635. The van der Waals surface area contributed by atoms with E-state index in [4.69, 9.17) is 4.74 Å². The summed E-state index contributed by atoms with van der Waals surface area (Å²) in [6.07, 6.45) is 3.17. The van der Waals surface area contributed by atoms with Crippen LogP contribution in [0.25, 0.3) is 0 Å². The van der Waals surface area contributed by atoms with E-state index in [0.29, 0.717) is 17.5 Å². The Bertz CT molecular complexity index is 426. The van der Waals surface area contributed by atoms with Gasteiger partial charge in [-0.1, -0.05) is 6.92 Å². The lowest BCUT2D eigenvalue weighted by Crippen LogP contribution is -2.17. The summed E-state index contributed by atoms with van der Waals surface area (Å²) in [4.78, 5) is 10.4. The maximum absolute atomic E-state index is 10.8. The first-order valence-corrected chi connectivity index (χ1v) is 7.41. The standard InChI is InChI=1S/C13H20N2O3S/c1-10(19-3)4-5-14-9-11-6-12(15(16)17)8-13(7-11)18-2/h6-8,10,14H,4-5,9H2,1-3H3. The molecule has 0 saturated heterocycles. The van der Waals surface area contributed by atoms with E-state index in [1.54, 1.807) is 6.07 Å². The highest BCUT2D eigenvalue weighted by molar-refractivity contribution is 7.99. The third-order valence-electron chi connectivity index (χ3n) is 2.86. The number of hydrogen-bond donors (Lipinski definition) is 1. The number of methoxy groups -OCH3 is 1. The minimum atomic E-state index is -0.401. The summed E-state index contributed by atoms with van der Waals surface area (Å²) in [7, 11) is 1.51. The number of benzene rings is 1. The molecule has 0 aliphatic rings.